The van der Waals surface area contributed by atoms with Gasteiger partial charge in [0.25, 0.3) is 0 Å². The number of amides is 1. The molecule has 0 radical (unpaired) electrons. The third-order valence-electron chi connectivity index (χ3n) is 3.09. The lowest BCUT2D eigenvalue weighted by Gasteiger charge is -2.19. The molecule has 0 saturated carbocycles. The molecule has 0 aliphatic rings. The zero-order valence-electron chi connectivity index (χ0n) is 13.4. The first-order valence-corrected chi connectivity index (χ1v) is 7.01. The lowest BCUT2D eigenvalue weighted by Crippen LogP contribution is -2.20. The van der Waals surface area contributed by atoms with Crippen molar-refractivity contribution in [2.45, 2.75) is 33.6 Å². The first-order valence-electron chi connectivity index (χ1n) is 7.01. The molecule has 0 bridgehead atoms. The first-order chi connectivity index (χ1) is 9.31. The van der Waals surface area contributed by atoms with Crippen molar-refractivity contribution in [3.05, 3.63) is 23.3 Å². The van der Waals surface area contributed by atoms with E-state index >= 15 is 0 Å². The Labute approximate surface area is 122 Å². The Bertz CT molecular complexity index is 468. The maximum Gasteiger partial charge on any atom is 0.221 e. The Balaban J connectivity index is 2.98. The summed E-state index contributed by atoms with van der Waals surface area (Å²) in [6, 6.07) is 4.03. The summed E-state index contributed by atoms with van der Waals surface area (Å²) in [4.78, 5) is 13.3. The van der Waals surface area contributed by atoms with Crippen LogP contribution in [0.2, 0.25) is 0 Å². The molecular formula is C16H26N2O2. The van der Waals surface area contributed by atoms with E-state index in [0.717, 1.165) is 29.1 Å². The number of rotatable bonds is 6. The van der Waals surface area contributed by atoms with E-state index in [0.29, 0.717) is 12.5 Å². The van der Waals surface area contributed by atoms with Crippen molar-refractivity contribution in [3.63, 3.8) is 0 Å². The minimum atomic E-state index is -0.0518. The molecule has 0 aromatic heterocycles. The molecule has 0 saturated heterocycles. The molecule has 0 fully saturated rings. The monoisotopic (exact) mass is 278 g/mol. The molecule has 1 amide bonds. The molecule has 1 N–H and O–H groups in total. The Kier molecular flexibility index (Phi) is 6.02. The van der Waals surface area contributed by atoms with Crippen molar-refractivity contribution in [1.29, 1.82) is 0 Å². The van der Waals surface area contributed by atoms with E-state index in [4.69, 9.17) is 4.74 Å². The number of benzene rings is 1. The van der Waals surface area contributed by atoms with Gasteiger partial charge in [-0.15, -0.1) is 0 Å². The van der Waals surface area contributed by atoms with Crippen LogP contribution < -0.4 is 10.1 Å². The SMILES string of the molecule is CC(=O)Nc1cc(C(C)C)c(OCCN(C)C)cc1C. The predicted molar refractivity (Wildman–Crippen MR) is 83.6 cm³/mol. The van der Waals surface area contributed by atoms with Gasteiger partial charge in [-0.3, -0.25) is 4.79 Å². The number of ether oxygens (including phenoxy) is 1. The quantitative estimate of drug-likeness (QED) is 0.869. The van der Waals surface area contributed by atoms with Crippen LogP contribution in [0.4, 0.5) is 5.69 Å². The van der Waals surface area contributed by atoms with Crippen LogP contribution in [0, 0.1) is 6.92 Å². The molecule has 1 aromatic carbocycles. The van der Waals surface area contributed by atoms with Gasteiger partial charge in [-0.05, 0) is 50.2 Å². The fraction of sp³-hybridized carbons (Fsp3) is 0.562. The van der Waals surface area contributed by atoms with Gasteiger partial charge >= 0.3 is 0 Å². The van der Waals surface area contributed by atoms with Gasteiger partial charge in [-0.1, -0.05) is 13.8 Å². The van der Waals surface area contributed by atoms with Crippen LogP contribution in [0.1, 0.15) is 37.8 Å². The van der Waals surface area contributed by atoms with Crippen LogP contribution in [-0.4, -0.2) is 38.1 Å². The largest absolute Gasteiger partial charge is 0.492 e. The summed E-state index contributed by atoms with van der Waals surface area (Å²) >= 11 is 0. The lowest BCUT2D eigenvalue weighted by molar-refractivity contribution is -0.114. The number of carbonyl (C=O) groups excluding carboxylic acids is 1. The van der Waals surface area contributed by atoms with Gasteiger partial charge in [0.1, 0.15) is 12.4 Å². The Morgan fingerprint density at radius 2 is 2.00 bits per heavy atom. The van der Waals surface area contributed by atoms with Crippen LogP contribution in [0.3, 0.4) is 0 Å². The maximum atomic E-state index is 11.2. The van der Waals surface area contributed by atoms with E-state index in [1.165, 1.54) is 6.92 Å². The molecule has 4 nitrogen and oxygen atoms in total. The van der Waals surface area contributed by atoms with Crippen molar-refractivity contribution in [3.8, 4) is 5.75 Å². The van der Waals surface area contributed by atoms with Crippen LogP contribution in [0.15, 0.2) is 12.1 Å². The number of carbonyl (C=O) groups is 1. The molecule has 0 unspecified atom stereocenters. The maximum absolute atomic E-state index is 11.2. The lowest BCUT2D eigenvalue weighted by atomic mass is 9.99. The predicted octanol–water partition coefficient (Wildman–Crippen LogP) is 3.02. The minimum absolute atomic E-state index is 0.0518. The van der Waals surface area contributed by atoms with E-state index in [-0.39, 0.29) is 5.91 Å². The number of nitrogens with one attached hydrogen (secondary N) is 1. The van der Waals surface area contributed by atoms with E-state index in [2.05, 4.69) is 24.1 Å². The van der Waals surface area contributed by atoms with Gasteiger partial charge in [0.2, 0.25) is 5.91 Å². The molecule has 0 aliphatic carbocycles. The third kappa shape index (κ3) is 4.85. The second-order valence-corrected chi connectivity index (χ2v) is 5.69. The second-order valence-electron chi connectivity index (χ2n) is 5.69. The Morgan fingerprint density at radius 3 is 2.50 bits per heavy atom. The van der Waals surface area contributed by atoms with Gasteiger partial charge in [0.15, 0.2) is 0 Å². The molecule has 0 heterocycles. The Hall–Kier alpha value is -1.55. The smallest absolute Gasteiger partial charge is 0.221 e. The van der Waals surface area contributed by atoms with Gasteiger partial charge < -0.3 is 15.0 Å². The zero-order chi connectivity index (χ0) is 15.3. The molecule has 1 rings (SSSR count). The highest BCUT2D eigenvalue weighted by atomic mass is 16.5. The van der Waals surface area contributed by atoms with Crippen LogP contribution in [0.25, 0.3) is 0 Å². The summed E-state index contributed by atoms with van der Waals surface area (Å²) in [7, 11) is 4.05. The van der Waals surface area contributed by atoms with Gasteiger partial charge in [-0.2, -0.15) is 0 Å². The summed E-state index contributed by atoms with van der Waals surface area (Å²) < 4.78 is 5.90. The van der Waals surface area contributed by atoms with Crippen molar-refractivity contribution >= 4 is 11.6 Å². The summed E-state index contributed by atoms with van der Waals surface area (Å²) in [5, 5.41) is 2.87. The summed E-state index contributed by atoms with van der Waals surface area (Å²) in [5.41, 5.74) is 3.00. The number of hydrogen-bond donors (Lipinski definition) is 1. The Morgan fingerprint density at radius 1 is 1.35 bits per heavy atom. The average Bonchev–Trinajstić information content (AvgIpc) is 2.30. The molecule has 20 heavy (non-hydrogen) atoms. The van der Waals surface area contributed by atoms with Crippen molar-refractivity contribution in [2.75, 3.05) is 32.6 Å². The van der Waals surface area contributed by atoms with Crippen molar-refractivity contribution < 1.29 is 9.53 Å². The van der Waals surface area contributed by atoms with E-state index in [1.807, 2.05) is 33.2 Å². The topological polar surface area (TPSA) is 41.6 Å². The highest BCUT2D eigenvalue weighted by molar-refractivity contribution is 5.89. The standard InChI is InChI=1S/C16H26N2O2/c1-11(2)14-10-15(17-13(4)19)12(3)9-16(14)20-8-7-18(5)6/h9-11H,7-8H2,1-6H3,(H,17,19). The molecular weight excluding hydrogens is 252 g/mol. The van der Waals surface area contributed by atoms with Crippen LogP contribution in [0.5, 0.6) is 5.75 Å². The minimum Gasteiger partial charge on any atom is -0.492 e. The highest BCUT2D eigenvalue weighted by Crippen LogP contribution is 2.32. The van der Waals surface area contributed by atoms with Crippen LogP contribution in [-0.2, 0) is 4.79 Å². The molecule has 0 aliphatic heterocycles. The fourth-order valence-corrected chi connectivity index (χ4v) is 1.94. The third-order valence-corrected chi connectivity index (χ3v) is 3.09. The van der Waals surface area contributed by atoms with E-state index < -0.39 is 0 Å². The highest BCUT2D eigenvalue weighted by Gasteiger charge is 2.12. The second kappa shape index (κ2) is 7.29. The van der Waals surface area contributed by atoms with E-state index in [9.17, 15) is 4.79 Å². The van der Waals surface area contributed by atoms with Gasteiger partial charge in [0, 0.05) is 19.2 Å². The molecule has 1 aromatic rings. The van der Waals surface area contributed by atoms with E-state index in [1.54, 1.807) is 0 Å². The molecule has 0 atom stereocenters. The number of anilines is 1. The van der Waals surface area contributed by atoms with Crippen molar-refractivity contribution in [2.24, 2.45) is 0 Å². The van der Waals surface area contributed by atoms with Crippen LogP contribution >= 0.6 is 0 Å². The number of aryl methyl sites for hydroxylation is 1. The van der Waals surface area contributed by atoms with Gasteiger partial charge in [0.05, 0.1) is 0 Å². The van der Waals surface area contributed by atoms with Crippen molar-refractivity contribution in [1.82, 2.24) is 4.90 Å². The molecule has 4 heteroatoms. The summed E-state index contributed by atoms with van der Waals surface area (Å²) in [6.45, 7) is 9.29. The summed E-state index contributed by atoms with van der Waals surface area (Å²) in [5.74, 6) is 1.20. The zero-order valence-corrected chi connectivity index (χ0v) is 13.4. The first kappa shape index (κ1) is 16.5. The molecule has 112 valence electrons. The fourth-order valence-electron chi connectivity index (χ4n) is 1.94. The normalized spacial score (nSPS) is 11.0. The van der Waals surface area contributed by atoms with Gasteiger partial charge in [-0.25, -0.2) is 0 Å². The summed E-state index contributed by atoms with van der Waals surface area (Å²) in [6.07, 6.45) is 0. The number of hydrogen-bond acceptors (Lipinski definition) is 3. The number of likely N-dealkylation sites (N-methyl/N-ethyl adjacent to an activating group) is 1. The average molecular weight is 278 g/mol. The molecule has 0 spiro atoms. The number of nitrogens with zero attached hydrogens (tertiary/aromatic N) is 1.